The highest BCUT2D eigenvalue weighted by atomic mass is 35.5. The molecule has 3 rings (SSSR count). The van der Waals surface area contributed by atoms with Crippen molar-refractivity contribution in [3.63, 3.8) is 0 Å². The predicted octanol–water partition coefficient (Wildman–Crippen LogP) is 4.67. The standard InChI is InChI=1S/C19H13ClF2N2O3S/c20-13-3-7-15(8-4-13)24-28(26,27)16-9-10-18(17(22)11-16)23-19(25)12-1-5-14(21)6-2-12/h1-11,24H,(H,23,25). The van der Waals surface area contributed by atoms with Crippen molar-refractivity contribution in [2.24, 2.45) is 0 Å². The quantitative estimate of drug-likeness (QED) is 0.627. The van der Waals surface area contributed by atoms with E-state index in [4.69, 9.17) is 11.6 Å². The van der Waals surface area contributed by atoms with E-state index in [0.29, 0.717) is 5.02 Å². The van der Waals surface area contributed by atoms with E-state index in [9.17, 15) is 22.0 Å². The first kappa shape index (κ1) is 19.8. The predicted molar refractivity (Wildman–Crippen MR) is 103 cm³/mol. The first-order valence-corrected chi connectivity index (χ1v) is 9.75. The van der Waals surface area contributed by atoms with Crippen molar-refractivity contribution in [1.29, 1.82) is 0 Å². The van der Waals surface area contributed by atoms with E-state index >= 15 is 0 Å². The second-order valence-electron chi connectivity index (χ2n) is 5.72. The summed E-state index contributed by atoms with van der Waals surface area (Å²) in [6, 6.07) is 13.7. The number of anilines is 2. The van der Waals surface area contributed by atoms with Gasteiger partial charge in [-0.25, -0.2) is 17.2 Å². The van der Waals surface area contributed by atoms with Gasteiger partial charge in [-0.15, -0.1) is 0 Å². The lowest BCUT2D eigenvalue weighted by Gasteiger charge is -2.11. The molecule has 2 N–H and O–H groups in total. The molecule has 0 radical (unpaired) electrons. The van der Waals surface area contributed by atoms with Crippen LogP contribution in [-0.2, 0) is 10.0 Å². The molecule has 144 valence electrons. The van der Waals surface area contributed by atoms with E-state index in [2.05, 4.69) is 10.0 Å². The molecule has 28 heavy (non-hydrogen) atoms. The van der Waals surface area contributed by atoms with E-state index in [1.165, 1.54) is 36.4 Å². The zero-order chi connectivity index (χ0) is 20.3. The molecule has 9 heteroatoms. The molecule has 0 aromatic heterocycles. The fraction of sp³-hybridized carbons (Fsp3) is 0. The summed E-state index contributed by atoms with van der Waals surface area (Å²) in [6.07, 6.45) is 0. The Hall–Kier alpha value is -2.97. The lowest BCUT2D eigenvalue weighted by Crippen LogP contribution is -2.15. The van der Waals surface area contributed by atoms with Gasteiger partial charge in [0.25, 0.3) is 15.9 Å². The van der Waals surface area contributed by atoms with E-state index < -0.39 is 27.6 Å². The van der Waals surface area contributed by atoms with Gasteiger partial charge in [0.15, 0.2) is 0 Å². The Balaban J connectivity index is 1.78. The van der Waals surface area contributed by atoms with E-state index in [-0.39, 0.29) is 21.8 Å². The average Bonchev–Trinajstić information content (AvgIpc) is 2.65. The van der Waals surface area contributed by atoms with Crippen LogP contribution >= 0.6 is 11.6 Å². The minimum atomic E-state index is -4.04. The summed E-state index contributed by atoms with van der Waals surface area (Å²) in [5.41, 5.74) is 0.181. The van der Waals surface area contributed by atoms with Crippen molar-refractivity contribution in [3.05, 3.63) is 89.0 Å². The maximum atomic E-state index is 14.3. The number of carbonyl (C=O) groups is 1. The van der Waals surface area contributed by atoms with Crippen LogP contribution in [-0.4, -0.2) is 14.3 Å². The highest BCUT2D eigenvalue weighted by molar-refractivity contribution is 7.92. The Morgan fingerprint density at radius 2 is 1.54 bits per heavy atom. The number of benzene rings is 3. The number of halogens is 3. The van der Waals surface area contributed by atoms with Crippen molar-refractivity contribution >= 4 is 38.9 Å². The topological polar surface area (TPSA) is 75.3 Å². The van der Waals surface area contributed by atoms with Gasteiger partial charge in [-0.05, 0) is 66.7 Å². The molecule has 0 heterocycles. The summed E-state index contributed by atoms with van der Waals surface area (Å²) < 4.78 is 54.3. The number of rotatable bonds is 5. The van der Waals surface area contributed by atoms with Crippen LogP contribution in [0.25, 0.3) is 0 Å². The van der Waals surface area contributed by atoms with Crippen LogP contribution in [0.15, 0.2) is 71.6 Å². The molecular weight excluding hydrogens is 410 g/mol. The number of amides is 1. The third kappa shape index (κ3) is 4.65. The second kappa shape index (κ2) is 7.95. The first-order chi connectivity index (χ1) is 13.2. The van der Waals surface area contributed by atoms with Crippen LogP contribution < -0.4 is 10.0 Å². The number of hydrogen-bond donors (Lipinski definition) is 2. The molecule has 1 amide bonds. The summed E-state index contributed by atoms with van der Waals surface area (Å²) in [4.78, 5) is 11.8. The molecule has 0 atom stereocenters. The maximum absolute atomic E-state index is 14.3. The first-order valence-electron chi connectivity index (χ1n) is 7.89. The zero-order valence-corrected chi connectivity index (χ0v) is 15.7. The summed E-state index contributed by atoms with van der Waals surface area (Å²) in [6.45, 7) is 0. The molecule has 0 bridgehead atoms. The molecule has 0 fully saturated rings. The van der Waals surface area contributed by atoms with E-state index in [1.807, 2.05) is 0 Å². The van der Waals surface area contributed by atoms with Crippen molar-refractivity contribution in [2.75, 3.05) is 10.0 Å². The highest BCUT2D eigenvalue weighted by Crippen LogP contribution is 2.23. The molecule has 0 aliphatic carbocycles. The van der Waals surface area contributed by atoms with Gasteiger partial charge >= 0.3 is 0 Å². The van der Waals surface area contributed by atoms with Crippen LogP contribution in [0.2, 0.25) is 5.02 Å². The van der Waals surface area contributed by atoms with Crippen LogP contribution in [0.5, 0.6) is 0 Å². The largest absolute Gasteiger partial charge is 0.319 e. The van der Waals surface area contributed by atoms with Crippen molar-refractivity contribution in [2.45, 2.75) is 4.90 Å². The average molecular weight is 423 g/mol. The summed E-state index contributed by atoms with van der Waals surface area (Å²) >= 11 is 5.75. The van der Waals surface area contributed by atoms with Crippen LogP contribution in [0.1, 0.15) is 10.4 Å². The third-order valence-corrected chi connectivity index (χ3v) is 5.33. The van der Waals surface area contributed by atoms with Crippen LogP contribution in [0.3, 0.4) is 0 Å². The highest BCUT2D eigenvalue weighted by Gasteiger charge is 2.18. The molecule has 3 aromatic carbocycles. The fourth-order valence-electron chi connectivity index (χ4n) is 2.29. The zero-order valence-electron chi connectivity index (χ0n) is 14.1. The van der Waals surface area contributed by atoms with E-state index in [1.54, 1.807) is 0 Å². The number of hydrogen-bond acceptors (Lipinski definition) is 3. The Morgan fingerprint density at radius 1 is 0.893 bits per heavy atom. The van der Waals surface area contributed by atoms with Gasteiger partial charge in [0, 0.05) is 16.3 Å². The Labute approximate surface area is 165 Å². The van der Waals surface area contributed by atoms with Gasteiger partial charge in [0.1, 0.15) is 11.6 Å². The van der Waals surface area contributed by atoms with Crippen molar-refractivity contribution in [1.82, 2.24) is 0 Å². The minimum absolute atomic E-state index is 0.127. The van der Waals surface area contributed by atoms with Gasteiger partial charge in [-0.1, -0.05) is 11.6 Å². The molecule has 0 saturated carbocycles. The number of carbonyl (C=O) groups excluding carboxylic acids is 1. The fourth-order valence-corrected chi connectivity index (χ4v) is 3.49. The number of sulfonamides is 1. The second-order valence-corrected chi connectivity index (χ2v) is 7.83. The van der Waals surface area contributed by atoms with Crippen molar-refractivity contribution < 1.29 is 22.0 Å². The summed E-state index contributed by atoms with van der Waals surface area (Å²) in [7, 11) is -4.04. The summed E-state index contributed by atoms with van der Waals surface area (Å²) in [5, 5.41) is 2.75. The molecule has 0 spiro atoms. The van der Waals surface area contributed by atoms with Gasteiger partial charge in [-0.2, -0.15) is 0 Å². The van der Waals surface area contributed by atoms with Crippen molar-refractivity contribution in [3.8, 4) is 0 Å². The maximum Gasteiger partial charge on any atom is 0.261 e. The van der Waals surface area contributed by atoms with Gasteiger partial charge in [0.05, 0.1) is 10.6 Å². The lowest BCUT2D eigenvalue weighted by atomic mass is 10.2. The van der Waals surface area contributed by atoms with Gasteiger partial charge in [-0.3, -0.25) is 9.52 Å². The van der Waals surface area contributed by atoms with Crippen LogP contribution in [0, 0.1) is 11.6 Å². The molecular formula is C19H13ClF2N2O3S. The molecule has 0 aliphatic rings. The minimum Gasteiger partial charge on any atom is -0.319 e. The molecule has 3 aromatic rings. The smallest absolute Gasteiger partial charge is 0.261 e. The number of nitrogens with one attached hydrogen (secondary N) is 2. The lowest BCUT2D eigenvalue weighted by molar-refractivity contribution is 0.102. The van der Waals surface area contributed by atoms with Gasteiger partial charge < -0.3 is 5.32 Å². The molecule has 0 saturated heterocycles. The summed E-state index contributed by atoms with van der Waals surface area (Å²) in [5.74, 6) is -2.10. The van der Waals surface area contributed by atoms with Crippen LogP contribution in [0.4, 0.5) is 20.2 Å². The molecule has 0 aliphatic heterocycles. The van der Waals surface area contributed by atoms with Gasteiger partial charge in [0.2, 0.25) is 0 Å². The van der Waals surface area contributed by atoms with E-state index in [0.717, 1.165) is 30.3 Å². The molecule has 5 nitrogen and oxygen atoms in total. The third-order valence-electron chi connectivity index (χ3n) is 3.70. The SMILES string of the molecule is O=C(Nc1ccc(S(=O)(=O)Nc2ccc(Cl)cc2)cc1F)c1ccc(F)cc1. The normalized spacial score (nSPS) is 11.1. The monoisotopic (exact) mass is 422 g/mol. The Bertz CT molecular complexity index is 1120. The Kier molecular flexibility index (Phi) is 5.62. The Morgan fingerprint density at radius 3 is 2.14 bits per heavy atom. The molecule has 0 unspecified atom stereocenters.